The molecule has 0 radical (unpaired) electrons. The summed E-state index contributed by atoms with van der Waals surface area (Å²) in [6, 6.07) is 1.39. The van der Waals surface area contributed by atoms with Gasteiger partial charge >= 0.3 is 12.0 Å². The van der Waals surface area contributed by atoms with E-state index in [1.165, 1.54) is 6.07 Å². The monoisotopic (exact) mass is 315 g/mol. The van der Waals surface area contributed by atoms with Crippen LogP contribution in [0.3, 0.4) is 0 Å². The Balaban J connectivity index is 2.16. The first-order valence-electron chi connectivity index (χ1n) is 5.90. The minimum Gasteiger partial charge on any atom is -0.480 e. The molecule has 2 rings (SSSR count). The number of hydrogen-bond donors (Lipinski definition) is 3. The van der Waals surface area contributed by atoms with Crippen LogP contribution >= 0.6 is 11.6 Å². The van der Waals surface area contributed by atoms with Crippen molar-refractivity contribution in [3.05, 3.63) is 29.0 Å². The third kappa shape index (κ3) is 3.60. The van der Waals surface area contributed by atoms with Gasteiger partial charge in [0.2, 0.25) is 5.91 Å². The fourth-order valence-corrected chi connectivity index (χ4v) is 2.12. The lowest BCUT2D eigenvalue weighted by molar-refractivity contribution is -0.144. The van der Waals surface area contributed by atoms with Crippen LogP contribution in [0.1, 0.15) is 0 Å². The van der Waals surface area contributed by atoms with Gasteiger partial charge in [-0.05, 0) is 18.2 Å². The number of carboxylic acids is 1. The second kappa shape index (κ2) is 5.96. The largest absolute Gasteiger partial charge is 0.480 e. The molecule has 0 aliphatic carbocycles. The van der Waals surface area contributed by atoms with E-state index in [2.05, 4.69) is 10.6 Å². The Morgan fingerprint density at radius 3 is 2.76 bits per heavy atom. The Morgan fingerprint density at radius 1 is 1.43 bits per heavy atom. The van der Waals surface area contributed by atoms with Gasteiger partial charge in [-0.25, -0.2) is 14.0 Å². The van der Waals surface area contributed by atoms with Crippen LogP contribution in [0.4, 0.5) is 14.9 Å². The second-order valence-electron chi connectivity index (χ2n) is 4.37. The number of carbonyl (C=O) groups excluding carboxylic acids is 2. The van der Waals surface area contributed by atoms with Crippen molar-refractivity contribution < 1.29 is 23.9 Å². The van der Waals surface area contributed by atoms with Crippen LogP contribution in [0, 0.1) is 5.82 Å². The van der Waals surface area contributed by atoms with Crippen molar-refractivity contribution in [3.63, 3.8) is 0 Å². The molecule has 1 aromatic carbocycles. The van der Waals surface area contributed by atoms with Crippen molar-refractivity contribution >= 4 is 35.2 Å². The second-order valence-corrected chi connectivity index (χ2v) is 4.81. The topological polar surface area (TPSA) is 98.7 Å². The average molecular weight is 316 g/mol. The number of carboxylic acid groups (broad SMARTS) is 1. The van der Waals surface area contributed by atoms with E-state index in [1.807, 2.05) is 0 Å². The molecule has 1 atom stereocenters. The molecule has 0 saturated carbocycles. The summed E-state index contributed by atoms with van der Waals surface area (Å²) in [4.78, 5) is 35.3. The molecule has 0 bridgehead atoms. The number of urea groups is 1. The number of halogens is 2. The van der Waals surface area contributed by atoms with E-state index in [4.69, 9.17) is 16.7 Å². The lowest BCUT2D eigenvalue weighted by atomic mass is 10.2. The number of nitrogens with zero attached hydrogens (tertiary/aromatic N) is 1. The van der Waals surface area contributed by atoms with Crippen molar-refractivity contribution in [2.24, 2.45) is 0 Å². The van der Waals surface area contributed by atoms with Gasteiger partial charge in [0.25, 0.3) is 0 Å². The van der Waals surface area contributed by atoms with Gasteiger partial charge in [-0.3, -0.25) is 9.69 Å². The Bertz CT molecular complexity index is 590. The van der Waals surface area contributed by atoms with Crippen LogP contribution < -0.4 is 10.6 Å². The lowest BCUT2D eigenvalue weighted by Crippen LogP contribution is -2.60. The van der Waals surface area contributed by atoms with Gasteiger partial charge in [-0.1, -0.05) is 11.6 Å². The molecule has 7 nitrogen and oxygen atoms in total. The molecule has 0 aromatic heterocycles. The molecule has 1 aromatic rings. The summed E-state index contributed by atoms with van der Waals surface area (Å²) >= 11 is 5.66. The van der Waals surface area contributed by atoms with Crippen LogP contribution in [0.2, 0.25) is 5.02 Å². The van der Waals surface area contributed by atoms with Crippen molar-refractivity contribution in [1.29, 1.82) is 0 Å². The molecule has 9 heteroatoms. The molecule has 1 aliphatic heterocycles. The van der Waals surface area contributed by atoms with Gasteiger partial charge in [0.1, 0.15) is 18.4 Å². The Labute approximate surface area is 123 Å². The summed E-state index contributed by atoms with van der Waals surface area (Å²) < 4.78 is 13.2. The van der Waals surface area contributed by atoms with Crippen LogP contribution in [-0.4, -0.2) is 47.0 Å². The Kier molecular flexibility index (Phi) is 4.27. The highest BCUT2D eigenvalue weighted by Gasteiger charge is 2.35. The third-order valence-electron chi connectivity index (χ3n) is 2.84. The maximum absolute atomic E-state index is 13.2. The molecule has 1 fully saturated rings. The van der Waals surface area contributed by atoms with Crippen LogP contribution in [0.15, 0.2) is 18.2 Å². The van der Waals surface area contributed by atoms with E-state index < -0.39 is 36.3 Å². The summed E-state index contributed by atoms with van der Waals surface area (Å²) in [6.45, 7) is -0.586. The van der Waals surface area contributed by atoms with E-state index in [-0.39, 0.29) is 17.3 Å². The molecule has 112 valence electrons. The van der Waals surface area contributed by atoms with Gasteiger partial charge < -0.3 is 15.7 Å². The van der Waals surface area contributed by atoms with E-state index in [0.29, 0.717) is 0 Å². The molecule has 1 heterocycles. The first-order chi connectivity index (χ1) is 9.86. The number of anilines is 1. The van der Waals surface area contributed by atoms with Crippen molar-refractivity contribution in [2.75, 3.05) is 18.4 Å². The molecule has 1 saturated heterocycles. The van der Waals surface area contributed by atoms with Gasteiger partial charge in [-0.15, -0.1) is 0 Å². The van der Waals surface area contributed by atoms with Crippen LogP contribution in [0.25, 0.3) is 0 Å². The van der Waals surface area contributed by atoms with Crippen molar-refractivity contribution in [1.82, 2.24) is 10.2 Å². The van der Waals surface area contributed by atoms with E-state index in [9.17, 15) is 18.8 Å². The maximum Gasteiger partial charge on any atom is 0.328 e. The van der Waals surface area contributed by atoms with E-state index in [1.54, 1.807) is 0 Å². The van der Waals surface area contributed by atoms with Gasteiger partial charge in [0.05, 0.1) is 0 Å². The highest BCUT2D eigenvalue weighted by atomic mass is 35.5. The summed E-state index contributed by atoms with van der Waals surface area (Å²) in [6.07, 6.45) is 0. The van der Waals surface area contributed by atoms with E-state index in [0.717, 1.165) is 17.0 Å². The molecule has 21 heavy (non-hydrogen) atoms. The number of nitrogens with one attached hydrogen (secondary N) is 2. The molecule has 1 aliphatic rings. The first-order valence-corrected chi connectivity index (χ1v) is 6.28. The third-order valence-corrected chi connectivity index (χ3v) is 3.06. The molecular formula is C12H11ClFN3O4. The van der Waals surface area contributed by atoms with Gasteiger partial charge in [0.15, 0.2) is 0 Å². The zero-order valence-electron chi connectivity index (χ0n) is 10.6. The molecular weight excluding hydrogens is 305 g/mol. The first kappa shape index (κ1) is 15.0. The minimum absolute atomic E-state index is 0.0696. The average Bonchev–Trinajstić information content (AvgIpc) is 2.36. The summed E-state index contributed by atoms with van der Waals surface area (Å²) in [5, 5.41) is 13.8. The number of benzene rings is 1. The smallest absolute Gasteiger partial charge is 0.328 e. The number of carbonyl (C=O) groups is 3. The number of rotatable bonds is 2. The van der Waals surface area contributed by atoms with Gasteiger partial charge in [0, 0.05) is 17.3 Å². The standard InChI is InChI=1S/C12H11ClFN3O4/c13-6-1-7(14)3-8(2-6)16-12(21)17-5-10(18)15-4-9(17)11(19)20/h1-3,9H,4-5H2,(H,15,18)(H,16,21)(H,19,20). The summed E-state index contributed by atoms with van der Waals surface area (Å²) in [5.41, 5.74) is 0.0696. The summed E-state index contributed by atoms with van der Waals surface area (Å²) in [7, 11) is 0. The summed E-state index contributed by atoms with van der Waals surface area (Å²) in [5.74, 6) is -2.37. The van der Waals surface area contributed by atoms with Crippen LogP contribution in [-0.2, 0) is 9.59 Å². The quantitative estimate of drug-likeness (QED) is 0.755. The molecule has 3 N–H and O–H groups in total. The van der Waals surface area contributed by atoms with Crippen molar-refractivity contribution in [2.45, 2.75) is 6.04 Å². The highest BCUT2D eigenvalue weighted by molar-refractivity contribution is 6.30. The zero-order chi connectivity index (χ0) is 15.6. The Morgan fingerprint density at radius 2 is 2.14 bits per heavy atom. The SMILES string of the molecule is O=C1CN(C(=O)Nc2cc(F)cc(Cl)c2)C(C(=O)O)CN1. The maximum atomic E-state index is 13.2. The molecule has 3 amide bonds. The molecule has 1 unspecified atom stereocenters. The normalized spacial score (nSPS) is 18.1. The zero-order valence-corrected chi connectivity index (χ0v) is 11.4. The predicted octanol–water partition coefficient (Wildman–Crippen LogP) is 0.896. The number of piperazine rings is 1. The number of aliphatic carboxylic acids is 1. The highest BCUT2D eigenvalue weighted by Crippen LogP contribution is 2.19. The minimum atomic E-state index is -1.25. The Hall–Kier alpha value is -2.35. The fraction of sp³-hybridized carbons (Fsp3) is 0.250. The van der Waals surface area contributed by atoms with Crippen molar-refractivity contribution in [3.8, 4) is 0 Å². The lowest BCUT2D eigenvalue weighted by Gasteiger charge is -2.32. The number of hydrogen-bond acceptors (Lipinski definition) is 3. The molecule has 0 spiro atoms. The van der Waals surface area contributed by atoms with Crippen LogP contribution in [0.5, 0.6) is 0 Å². The number of amides is 3. The van der Waals surface area contributed by atoms with E-state index >= 15 is 0 Å². The predicted molar refractivity (Wildman–Crippen MR) is 71.6 cm³/mol. The van der Waals surface area contributed by atoms with Gasteiger partial charge in [-0.2, -0.15) is 0 Å². The fourth-order valence-electron chi connectivity index (χ4n) is 1.90.